The lowest BCUT2D eigenvalue weighted by Crippen LogP contribution is -2.45. The molecule has 0 aliphatic carbocycles. The third-order valence-corrected chi connectivity index (χ3v) is 5.01. The first-order valence-corrected chi connectivity index (χ1v) is 9.64. The molecule has 3 aromatic rings. The molecule has 9 nitrogen and oxygen atoms in total. The van der Waals surface area contributed by atoms with Crippen LogP contribution in [0.3, 0.4) is 0 Å². The highest BCUT2D eigenvalue weighted by Crippen LogP contribution is 2.22. The fraction of sp³-hybridized carbons (Fsp3) is 0.200. The van der Waals surface area contributed by atoms with Gasteiger partial charge >= 0.3 is 6.03 Å². The second-order valence-corrected chi connectivity index (χ2v) is 7.31. The molecular formula is C20H19ClN6O3. The Morgan fingerprint density at radius 2 is 1.70 bits per heavy atom. The number of hydrogen-bond acceptors (Lipinski definition) is 5. The molecule has 30 heavy (non-hydrogen) atoms. The van der Waals surface area contributed by atoms with E-state index in [0.717, 1.165) is 5.69 Å². The lowest BCUT2D eigenvalue weighted by atomic mass is 10.2. The van der Waals surface area contributed by atoms with Gasteiger partial charge in [0.2, 0.25) is 5.91 Å². The Bertz CT molecular complexity index is 1020. The zero-order valence-electron chi connectivity index (χ0n) is 15.8. The molecule has 1 fully saturated rings. The van der Waals surface area contributed by atoms with Gasteiger partial charge in [0.25, 0.3) is 0 Å². The average molecular weight is 427 g/mol. The van der Waals surface area contributed by atoms with Crippen molar-refractivity contribution in [2.75, 3.05) is 17.2 Å². The summed E-state index contributed by atoms with van der Waals surface area (Å²) in [5.74, 6) is -0.369. The number of carbonyl (C=O) groups is 2. The van der Waals surface area contributed by atoms with Crippen LogP contribution in [0.2, 0.25) is 5.02 Å². The van der Waals surface area contributed by atoms with Gasteiger partial charge in [-0.1, -0.05) is 11.6 Å². The minimum absolute atomic E-state index is 0.0722. The largest absolute Gasteiger partial charge is 0.391 e. The van der Waals surface area contributed by atoms with Crippen LogP contribution in [0.1, 0.15) is 6.42 Å². The van der Waals surface area contributed by atoms with Gasteiger partial charge in [-0.3, -0.25) is 4.79 Å². The average Bonchev–Trinajstić information content (AvgIpc) is 3.40. The molecule has 2 heterocycles. The standard InChI is InChI=1S/C20H19ClN6O3/c21-13-1-3-15(4-2-13)25-20(30)26-10-17(28)9-18(26)19(29)24-14-5-7-16(8-6-14)27-12-22-11-23-27/h1-8,11-12,17-18,28H,9-10H2,(H,24,29)(H,25,30)/t17-,18-/m1/s1. The fourth-order valence-electron chi connectivity index (χ4n) is 3.28. The number of aliphatic hydroxyl groups is 1. The maximum Gasteiger partial charge on any atom is 0.322 e. The number of urea groups is 1. The fourth-order valence-corrected chi connectivity index (χ4v) is 3.41. The van der Waals surface area contributed by atoms with E-state index in [2.05, 4.69) is 20.7 Å². The van der Waals surface area contributed by atoms with Crippen molar-refractivity contribution in [2.24, 2.45) is 0 Å². The van der Waals surface area contributed by atoms with E-state index in [1.54, 1.807) is 59.5 Å². The minimum Gasteiger partial charge on any atom is -0.391 e. The van der Waals surface area contributed by atoms with Gasteiger partial charge in [-0.05, 0) is 48.5 Å². The molecule has 4 rings (SSSR count). The summed E-state index contributed by atoms with van der Waals surface area (Å²) in [6, 6.07) is 12.4. The molecule has 0 radical (unpaired) electrons. The summed E-state index contributed by atoms with van der Waals surface area (Å²) in [6.07, 6.45) is 2.40. The molecule has 1 saturated heterocycles. The number of halogens is 1. The second-order valence-electron chi connectivity index (χ2n) is 6.87. The summed E-state index contributed by atoms with van der Waals surface area (Å²) in [5, 5.41) is 20.2. The van der Waals surface area contributed by atoms with Gasteiger partial charge in [-0.2, -0.15) is 5.10 Å². The van der Waals surface area contributed by atoms with Crippen LogP contribution in [0.4, 0.5) is 16.2 Å². The molecule has 3 N–H and O–H groups in total. The van der Waals surface area contributed by atoms with Gasteiger partial charge in [0.05, 0.1) is 11.8 Å². The number of rotatable bonds is 4. The van der Waals surface area contributed by atoms with Crippen molar-refractivity contribution in [1.82, 2.24) is 19.7 Å². The van der Waals surface area contributed by atoms with Crippen LogP contribution in [0.25, 0.3) is 5.69 Å². The van der Waals surface area contributed by atoms with Crippen LogP contribution in [-0.4, -0.2) is 55.4 Å². The second kappa shape index (κ2) is 8.52. The van der Waals surface area contributed by atoms with Crippen LogP contribution in [0, 0.1) is 0 Å². The van der Waals surface area contributed by atoms with E-state index in [0.29, 0.717) is 16.4 Å². The monoisotopic (exact) mass is 426 g/mol. The number of hydrogen-bond donors (Lipinski definition) is 3. The predicted octanol–water partition coefficient (Wildman–Crippen LogP) is 2.53. The van der Waals surface area contributed by atoms with Gasteiger partial charge in [-0.25, -0.2) is 14.5 Å². The molecule has 3 amide bonds. The summed E-state index contributed by atoms with van der Waals surface area (Å²) in [6.45, 7) is 0.0722. The van der Waals surface area contributed by atoms with Gasteiger partial charge in [-0.15, -0.1) is 0 Å². The van der Waals surface area contributed by atoms with Crippen LogP contribution < -0.4 is 10.6 Å². The van der Waals surface area contributed by atoms with Gasteiger partial charge < -0.3 is 20.6 Å². The van der Waals surface area contributed by atoms with E-state index < -0.39 is 18.2 Å². The highest BCUT2D eigenvalue weighted by Gasteiger charge is 2.39. The molecule has 1 aliphatic rings. The summed E-state index contributed by atoms with van der Waals surface area (Å²) in [5.41, 5.74) is 1.92. The molecule has 1 aromatic heterocycles. The van der Waals surface area contributed by atoms with E-state index >= 15 is 0 Å². The number of aromatic nitrogens is 3. The smallest absolute Gasteiger partial charge is 0.322 e. The maximum absolute atomic E-state index is 12.8. The molecule has 2 aromatic carbocycles. The Morgan fingerprint density at radius 3 is 2.37 bits per heavy atom. The number of β-amino-alcohol motifs (C(OH)–C–C–N with tert-alkyl or cyclic N) is 1. The summed E-state index contributed by atoms with van der Waals surface area (Å²) < 4.78 is 1.60. The van der Waals surface area contributed by atoms with Crippen molar-refractivity contribution in [3.8, 4) is 5.69 Å². The van der Waals surface area contributed by atoms with Crippen molar-refractivity contribution < 1.29 is 14.7 Å². The number of nitrogens with zero attached hydrogens (tertiary/aromatic N) is 4. The lowest BCUT2D eigenvalue weighted by molar-refractivity contribution is -0.119. The Labute approximate surface area is 177 Å². The number of likely N-dealkylation sites (tertiary alicyclic amines) is 1. The molecule has 2 atom stereocenters. The molecular weight excluding hydrogens is 408 g/mol. The van der Waals surface area contributed by atoms with Crippen LogP contribution in [0.15, 0.2) is 61.2 Å². The number of anilines is 2. The van der Waals surface area contributed by atoms with E-state index in [1.807, 2.05) is 0 Å². The Kier molecular flexibility index (Phi) is 5.64. The zero-order valence-corrected chi connectivity index (χ0v) is 16.5. The Hall–Kier alpha value is -3.43. The first kappa shape index (κ1) is 19.9. The highest BCUT2D eigenvalue weighted by molar-refractivity contribution is 6.30. The molecule has 10 heteroatoms. The SMILES string of the molecule is O=C(Nc1ccc(-n2cncn2)cc1)[C@H]1C[C@@H](O)CN1C(=O)Nc1ccc(Cl)cc1. The molecule has 0 saturated carbocycles. The lowest BCUT2D eigenvalue weighted by Gasteiger charge is -2.24. The van der Waals surface area contributed by atoms with Gasteiger partial charge in [0, 0.05) is 29.4 Å². The van der Waals surface area contributed by atoms with Crippen LogP contribution >= 0.6 is 11.6 Å². The summed E-state index contributed by atoms with van der Waals surface area (Å²) in [4.78, 5) is 30.7. The van der Waals surface area contributed by atoms with Gasteiger partial charge in [0.15, 0.2) is 0 Å². The molecule has 1 aliphatic heterocycles. The van der Waals surface area contributed by atoms with E-state index in [4.69, 9.17) is 11.6 Å². The predicted molar refractivity (Wildman–Crippen MR) is 112 cm³/mol. The quantitative estimate of drug-likeness (QED) is 0.593. The number of aliphatic hydroxyl groups excluding tert-OH is 1. The van der Waals surface area contributed by atoms with E-state index in [1.165, 1.54) is 11.2 Å². The van der Waals surface area contributed by atoms with E-state index in [9.17, 15) is 14.7 Å². The van der Waals surface area contributed by atoms with Crippen molar-refractivity contribution in [2.45, 2.75) is 18.6 Å². The number of benzene rings is 2. The summed E-state index contributed by atoms with van der Waals surface area (Å²) >= 11 is 5.86. The first-order chi connectivity index (χ1) is 14.5. The third-order valence-electron chi connectivity index (χ3n) is 4.76. The van der Waals surface area contributed by atoms with Crippen molar-refractivity contribution in [3.63, 3.8) is 0 Å². The number of carbonyl (C=O) groups excluding carboxylic acids is 2. The zero-order chi connectivity index (χ0) is 21.1. The number of nitrogens with one attached hydrogen (secondary N) is 2. The number of amides is 3. The Balaban J connectivity index is 1.42. The minimum atomic E-state index is -0.790. The molecule has 0 unspecified atom stereocenters. The van der Waals surface area contributed by atoms with Crippen LogP contribution in [0.5, 0.6) is 0 Å². The third kappa shape index (κ3) is 4.42. The normalized spacial score (nSPS) is 18.3. The van der Waals surface area contributed by atoms with Crippen molar-refractivity contribution >= 4 is 34.9 Å². The molecule has 0 bridgehead atoms. The van der Waals surface area contributed by atoms with Crippen molar-refractivity contribution in [3.05, 3.63) is 66.2 Å². The molecule has 154 valence electrons. The van der Waals surface area contributed by atoms with Gasteiger partial charge in [0.1, 0.15) is 18.7 Å². The van der Waals surface area contributed by atoms with Crippen LogP contribution in [-0.2, 0) is 4.79 Å². The Morgan fingerprint density at radius 1 is 1.03 bits per heavy atom. The maximum atomic E-state index is 12.8. The van der Waals surface area contributed by atoms with Crippen molar-refractivity contribution in [1.29, 1.82) is 0 Å². The molecule has 0 spiro atoms. The first-order valence-electron chi connectivity index (χ1n) is 9.27. The topological polar surface area (TPSA) is 112 Å². The highest BCUT2D eigenvalue weighted by atomic mass is 35.5. The summed E-state index contributed by atoms with van der Waals surface area (Å²) in [7, 11) is 0. The van der Waals surface area contributed by atoms with E-state index in [-0.39, 0.29) is 18.9 Å².